The molecule has 0 bridgehead atoms. The SMILES string of the molecule is CCNC(=NCc1ccccc1OC)NCC(=O)NC(C)(C)C. The van der Waals surface area contributed by atoms with Crippen molar-refractivity contribution in [3.8, 4) is 5.75 Å². The van der Waals surface area contributed by atoms with E-state index in [9.17, 15) is 4.79 Å². The first-order valence-electron chi connectivity index (χ1n) is 7.81. The summed E-state index contributed by atoms with van der Waals surface area (Å²) in [7, 11) is 1.64. The van der Waals surface area contributed by atoms with Gasteiger partial charge in [-0.05, 0) is 33.8 Å². The van der Waals surface area contributed by atoms with Crippen molar-refractivity contribution in [1.29, 1.82) is 0 Å². The Morgan fingerprint density at radius 3 is 2.52 bits per heavy atom. The van der Waals surface area contributed by atoms with E-state index in [1.807, 2.05) is 52.0 Å². The van der Waals surface area contributed by atoms with E-state index in [0.29, 0.717) is 12.5 Å². The number of aliphatic imine (C=N–C) groups is 1. The number of methoxy groups -OCH3 is 1. The highest BCUT2D eigenvalue weighted by atomic mass is 16.5. The van der Waals surface area contributed by atoms with Gasteiger partial charge in [0.2, 0.25) is 5.91 Å². The van der Waals surface area contributed by atoms with Crippen molar-refractivity contribution in [3.05, 3.63) is 29.8 Å². The number of hydrogen-bond acceptors (Lipinski definition) is 3. The third kappa shape index (κ3) is 7.54. The van der Waals surface area contributed by atoms with Crippen LogP contribution in [0, 0.1) is 0 Å². The van der Waals surface area contributed by atoms with Gasteiger partial charge >= 0.3 is 0 Å². The van der Waals surface area contributed by atoms with Crippen molar-refractivity contribution in [2.45, 2.75) is 39.8 Å². The molecule has 6 heteroatoms. The minimum atomic E-state index is -0.244. The van der Waals surface area contributed by atoms with Crippen LogP contribution >= 0.6 is 0 Å². The van der Waals surface area contributed by atoms with Gasteiger partial charge in [-0.2, -0.15) is 0 Å². The monoisotopic (exact) mass is 320 g/mol. The summed E-state index contributed by atoms with van der Waals surface area (Å²) in [6, 6.07) is 7.75. The number of nitrogens with zero attached hydrogens (tertiary/aromatic N) is 1. The van der Waals surface area contributed by atoms with E-state index in [2.05, 4.69) is 20.9 Å². The standard InChI is InChI=1S/C17H28N4O2/c1-6-18-16(20-12-15(22)21-17(2,3)4)19-11-13-9-7-8-10-14(13)23-5/h7-10H,6,11-12H2,1-5H3,(H,21,22)(H2,18,19,20). The van der Waals surface area contributed by atoms with Gasteiger partial charge in [-0.15, -0.1) is 0 Å². The molecule has 6 nitrogen and oxygen atoms in total. The minimum Gasteiger partial charge on any atom is -0.496 e. The van der Waals surface area contributed by atoms with Gasteiger partial charge in [-0.1, -0.05) is 18.2 Å². The second kappa shape index (κ2) is 9.02. The van der Waals surface area contributed by atoms with Crippen molar-refractivity contribution in [2.75, 3.05) is 20.2 Å². The zero-order chi connectivity index (χ0) is 17.3. The second-order valence-corrected chi connectivity index (χ2v) is 6.16. The number of nitrogens with one attached hydrogen (secondary N) is 3. The Labute approximate surface area is 138 Å². The summed E-state index contributed by atoms with van der Waals surface area (Å²) in [6.45, 7) is 9.20. The highest BCUT2D eigenvalue weighted by molar-refractivity contribution is 5.86. The van der Waals surface area contributed by atoms with Gasteiger partial charge in [0.25, 0.3) is 0 Å². The van der Waals surface area contributed by atoms with Gasteiger partial charge in [0.05, 0.1) is 20.2 Å². The summed E-state index contributed by atoms with van der Waals surface area (Å²) in [5, 5.41) is 9.07. The molecule has 0 fully saturated rings. The first-order chi connectivity index (χ1) is 10.9. The van der Waals surface area contributed by atoms with E-state index >= 15 is 0 Å². The first-order valence-corrected chi connectivity index (χ1v) is 7.81. The molecule has 0 aromatic heterocycles. The van der Waals surface area contributed by atoms with Crippen LogP contribution in [0.1, 0.15) is 33.3 Å². The molecule has 1 aromatic rings. The van der Waals surface area contributed by atoms with Crippen LogP contribution in [0.25, 0.3) is 0 Å². The van der Waals surface area contributed by atoms with Crippen LogP contribution in [0.15, 0.2) is 29.3 Å². The predicted molar refractivity (Wildman–Crippen MR) is 93.7 cm³/mol. The summed E-state index contributed by atoms with van der Waals surface area (Å²) in [6.07, 6.45) is 0. The molecule has 128 valence electrons. The minimum absolute atomic E-state index is 0.0691. The molecule has 23 heavy (non-hydrogen) atoms. The van der Waals surface area contributed by atoms with Crippen LogP contribution in [0.3, 0.4) is 0 Å². The van der Waals surface area contributed by atoms with Crippen molar-refractivity contribution in [1.82, 2.24) is 16.0 Å². The largest absolute Gasteiger partial charge is 0.496 e. The molecule has 1 rings (SSSR count). The molecular formula is C17H28N4O2. The first kappa shape index (κ1) is 18.8. The second-order valence-electron chi connectivity index (χ2n) is 6.16. The Kier molecular flexibility index (Phi) is 7.38. The van der Waals surface area contributed by atoms with Crippen LogP contribution in [0.5, 0.6) is 5.75 Å². The Morgan fingerprint density at radius 2 is 1.91 bits per heavy atom. The van der Waals surface area contributed by atoms with Gasteiger partial charge in [0, 0.05) is 17.6 Å². The third-order valence-electron chi connectivity index (χ3n) is 2.88. The number of amides is 1. The van der Waals surface area contributed by atoms with Gasteiger partial charge in [-0.25, -0.2) is 4.99 Å². The van der Waals surface area contributed by atoms with Gasteiger partial charge in [0.15, 0.2) is 5.96 Å². The van der Waals surface area contributed by atoms with Gasteiger partial charge < -0.3 is 20.7 Å². The Hall–Kier alpha value is -2.24. The average Bonchev–Trinajstić information content (AvgIpc) is 2.48. The van der Waals surface area contributed by atoms with Crippen LogP contribution < -0.4 is 20.7 Å². The molecule has 1 aromatic carbocycles. The number of carbonyl (C=O) groups excluding carboxylic acids is 1. The predicted octanol–water partition coefficient (Wildman–Crippen LogP) is 1.66. The zero-order valence-corrected chi connectivity index (χ0v) is 14.7. The molecule has 0 heterocycles. The lowest BCUT2D eigenvalue weighted by atomic mass is 10.1. The van der Waals surface area contributed by atoms with Gasteiger partial charge in [-0.3, -0.25) is 4.79 Å². The topological polar surface area (TPSA) is 74.8 Å². The Morgan fingerprint density at radius 1 is 1.22 bits per heavy atom. The third-order valence-corrected chi connectivity index (χ3v) is 2.88. The van der Waals surface area contributed by atoms with E-state index in [0.717, 1.165) is 17.9 Å². The lowest BCUT2D eigenvalue weighted by molar-refractivity contribution is -0.121. The van der Waals surface area contributed by atoms with E-state index in [-0.39, 0.29) is 18.0 Å². The quantitative estimate of drug-likeness (QED) is 0.550. The molecule has 0 unspecified atom stereocenters. The molecule has 1 amide bonds. The van der Waals surface area contributed by atoms with Crippen LogP contribution in [0.4, 0.5) is 0 Å². The van der Waals surface area contributed by atoms with E-state index < -0.39 is 0 Å². The molecule has 0 atom stereocenters. The highest BCUT2D eigenvalue weighted by Gasteiger charge is 2.13. The molecule has 0 saturated heterocycles. The number of hydrogen-bond donors (Lipinski definition) is 3. The Balaban J connectivity index is 2.65. The summed E-state index contributed by atoms with van der Waals surface area (Å²) in [4.78, 5) is 16.4. The maximum Gasteiger partial charge on any atom is 0.239 e. The fourth-order valence-electron chi connectivity index (χ4n) is 1.97. The highest BCUT2D eigenvalue weighted by Crippen LogP contribution is 2.17. The van der Waals surface area contributed by atoms with Gasteiger partial charge in [0.1, 0.15) is 5.75 Å². The molecule has 0 aliphatic rings. The van der Waals surface area contributed by atoms with E-state index in [1.54, 1.807) is 7.11 Å². The summed E-state index contributed by atoms with van der Waals surface area (Å²) in [5.74, 6) is 1.33. The molecule has 0 aliphatic heterocycles. The number of para-hydroxylation sites is 1. The van der Waals surface area contributed by atoms with Crippen LogP contribution in [-0.2, 0) is 11.3 Å². The van der Waals surface area contributed by atoms with Crippen molar-refractivity contribution in [3.63, 3.8) is 0 Å². The fraction of sp³-hybridized carbons (Fsp3) is 0.529. The van der Waals surface area contributed by atoms with Crippen molar-refractivity contribution in [2.24, 2.45) is 4.99 Å². The van der Waals surface area contributed by atoms with Crippen LogP contribution in [0.2, 0.25) is 0 Å². The molecule has 0 saturated carbocycles. The van der Waals surface area contributed by atoms with Crippen molar-refractivity contribution >= 4 is 11.9 Å². The molecule has 0 aliphatic carbocycles. The zero-order valence-electron chi connectivity index (χ0n) is 14.7. The number of guanidine groups is 1. The molecule has 3 N–H and O–H groups in total. The van der Waals surface area contributed by atoms with E-state index in [1.165, 1.54) is 0 Å². The summed E-state index contributed by atoms with van der Waals surface area (Å²) in [5.41, 5.74) is 0.748. The molecular weight excluding hydrogens is 292 g/mol. The lowest BCUT2D eigenvalue weighted by Gasteiger charge is -2.21. The maximum absolute atomic E-state index is 11.9. The smallest absolute Gasteiger partial charge is 0.239 e. The fourth-order valence-corrected chi connectivity index (χ4v) is 1.97. The van der Waals surface area contributed by atoms with E-state index in [4.69, 9.17) is 4.74 Å². The lowest BCUT2D eigenvalue weighted by Crippen LogP contribution is -2.48. The molecule has 0 spiro atoms. The Bertz CT molecular complexity index is 536. The number of benzene rings is 1. The number of carbonyl (C=O) groups is 1. The average molecular weight is 320 g/mol. The van der Waals surface area contributed by atoms with Crippen LogP contribution in [-0.4, -0.2) is 37.6 Å². The number of rotatable bonds is 6. The normalized spacial score (nSPS) is 11.8. The maximum atomic E-state index is 11.9. The molecule has 0 radical (unpaired) electrons. The summed E-state index contributed by atoms with van der Waals surface area (Å²) >= 11 is 0. The summed E-state index contributed by atoms with van der Waals surface area (Å²) < 4.78 is 5.32. The van der Waals surface area contributed by atoms with Crippen molar-refractivity contribution < 1.29 is 9.53 Å². The number of ether oxygens (including phenoxy) is 1.